The third-order valence-corrected chi connectivity index (χ3v) is 3.15. The molecule has 0 aliphatic heterocycles. The molecule has 0 heterocycles. The van der Waals surface area contributed by atoms with Gasteiger partial charge in [0.05, 0.1) is 5.54 Å². The second-order valence-electron chi connectivity index (χ2n) is 4.93. The van der Waals surface area contributed by atoms with E-state index >= 15 is 0 Å². The Kier molecular flexibility index (Phi) is 5.53. The van der Waals surface area contributed by atoms with Crippen LogP contribution in [0.2, 0.25) is 5.02 Å². The number of hydrogen-bond acceptors (Lipinski definition) is 3. The Morgan fingerprint density at radius 2 is 2.10 bits per heavy atom. The van der Waals surface area contributed by atoms with E-state index in [-0.39, 0.29) is 0 Å². The molecule has 0 radical (unpaired) electrons. The molecular formula is C14H19ClN2O3. The Bertz CT molecular complexity index is 503. The monoisotopic (exact) mass is 298 g/mol. The fourth-order valence-corrected chi connectivity index (χ4v) is 2.18. The van der Waals surface area contributed by atoms with Gasteiger partial charge < -0.3 is 10.8 Å². The molecule has 1 aromatic rings. The minimum Gasteiger partial charge on any atom is -0.480 e. The molecule has 1 aromatic carbocycles. The topological polar surface area (TPSA) is 83.6 Å². The second kappa shape index (κ2) is 6.72. The number of carboxylic acids is 1. The molecule has 5 nitrogen and oxygen atoms in total. The van der Waals surface area contributed by atoms with Crippen molar-refractivity contribution in [1.82, 2.24) is 0 Å². The molecule has 6 heteroatoms. The molecule has 0 aliphatic carbocycles. The quantitative estimate of drug-likeness (QED) is 0.844. The summed E-state index contributed by atoms with van der Waals surface area (Å²) in [5.41, 5.74) is 5.33. The van der Waals surface area contributed by atoms with E-state index in [0.29, 0.717) is 17.1 Å². The van der Waals surface area contributed by atoms with Crippen molar-refractivity contribution in [3.63, 3.8) is 0 Å². The highest BCUT2D eigenvalue weighted by atomic mass is 35.5. The predicted molar refractivity (Wildman–Crippen MR) is 78.9 cm³/mol. The van der Waals surface area contributed by atoms with Crippen molar-refractivity contribution < 1.29 is 14.7 Å². The first-order valence-corrected chi connectivity index (χ1v) is 6.74. The average molecular weight is 299 g/mol. The summed E-state index contributed by atoms with van der Waals surface area (Å²) in [4.78, 5) is 24.6. The first-order chi connectivity index (χ1) is 9.27. The standard InChI is InChI=1S/C14H19ClN2O3/c1-3-7-14(2,16)13(20)17(9-12(18)19)11-6-4-5-10(15)8-11/h4-6,8H,3,7,9,16H2,1-2H3,(H,18,19). The zero-order chi connectivity index (χ0) is 15.3. The Morgan fingerprint density at radius 3 is 2.60 bits per heavy atom. The number of hydrogen-bond donors (Lipinski definition) is 2. The normalized spacial score (nSPS) is 13.6. The van der Waals surface area contributed by atoms with Crippen LogP contribution in [0, 0.1) is 0 Å². The zero-order valence-electron chi connectivity index (χ0n) is 11.6. The predicted octanol–water partition coefficient (Wildman–Crippen LogP) is 2.28. The van der Waals surface area contributed by atoms with Gasteiger partial charge in [0, 0.05) is 10.7 Å². The van der Waals surface area contributed by atoms with Crippen LogP contribution in [0.1, 0.15) is 26.7 Å². The maximum Gasteiger partial charge on any atom is 0.323 e. The van der Waals surface area contributed by atoms with Crippen molar-refractivity contribution in [2.24, 2.45) is 5.73 Å². The highest BCUT2D eigenvalue weighted by Gasteiger charge is 2.33. The van der Waals surface area contributed by atoms with Crippen LogP contribution in [0.15, 0.2) is 24.3 Å². The van der Waals surface area contributed by atoms with E-state index in [9.17, 15) is 9.59 Å². The summed E-state index contributed by atoms with van der Waals surface area (Å²) in [5, 5.41) is 9.42. The summed E-state index contributed by atoms with van der Waals surface area (Å²) in [6, 6.07) is 6.49. The van der Waals surface area contributed by atoms with Crippen molar-refractivity contribution in [2.45, 2.75) is 32.2 Å². The van der Waals surface area contributed by atoms with Gasteiger partial charge in [-0.25, -0.2) is 0 Å². The number of carboxylic acid groups (broad SMARTS) is 1. The zero-order valence-corrected chi connectivity index (χ0v) is 12.4. The molecule has 0 bridgehead atoms. The molecule has 0 fully saturated rings. The number of rotatable bonds is 6. The van der Waals surface area contributed by atoms with Crippen LogP contribution in [-0.4, -0.2) is 29.1 Å². The van der Waals surface area contributed by atoms with Crippen molar-refractivity contribution in [1.29, 1.82) is 0 Å². The van der Waals surface area contributed by atoms with Crippen LogP contribution in [0.4, 0.5) is 5.69 Å². The number of carbonyl (C=O) groups is 2. The van der Waals surface area contributed by atoms with Crippen LogP contribution in [-0.2, 0) is 9.59 Å². The first kappa shape index (κ1) is 16.5. The van der Waals surface area contributed by atoms with E-state index in [1.807, 2.05) is 6.92 Å². The van der Waals surface area contributed by atoms with Gasteiger partial charge in [0.25, 0.3) is 0 Å². The number of aliphatic carboxylic acids is 1. The van der Waals surface area contributed by atoms with Crippen molar-refractivity contribution >= 4 is 29.2 Å². The van der Waals surface area contributed by atoms with Gasteiger partial charge in [0.2, 0.25) is 5.91 Å². The van der Waals surface area contributed by atoms with Crippen molar-refractivity contribution in [3.8, 4) is 0 Å². The van der Waals surface area contributed by atoms with Gasteiger partial charge in [-0.1, -0.05) is 31.0 Å². The Balaban J connectivity index is 3.13. The maximum absolute atomic E-state index is 12.5. The smallest absolute Gasteiger partial charge is 0.323 e. The number of carbonyl (C=O) groups excluding carboxylic acids is 1. The number of amides is 1. The van der Waals surface area contributed by atoms with Gasteiger partial charge in [0.1, 0.15) is 6.54 Å². The van der Waals surface area contributed by atoms with E-state index in [2.05, 4.69) is 0 Å². The van der Waals surface area contributed by atoms with E-state index in [1.54, 1.807) is 31.2 Å². The van der Waals surface area contributed by atoms with Gasteiger partial charge in [0.15, 0.2) is 0 Å². The SMILES string of the molecule is CCCC(C)(N)C(=O)N(CC(=O)O)c1cccc(Cl)c1. The lowest BCUT2D eigenvalue weighted by molar-refractivity contribution is -0.137. The lowest BCUT2D eigenvalue weighted by Crippen LogP contribution is -2.54. The molecule has 20 heavy (non-hydrogen) atoms. The van der Waals surface area contributed by atoms with Gasteiger partial charge >= 0.3 is 5.97 Å². The van der Waals surface area contributed by atoms with Crippen molar-refractivity contribution in [3.05, 3.63) is 29.3 Å². The highest BCUT2D eigenvalue weighted by molar-refractivity contribution is 6.31. The van der Waals surface area contributed by atoms with Gasteiger partial charge in [-0.2, -0.15) is 0 Å². The molecule has 0 aromatic heterocycles. The van der Waals surface area contributed by atoms with Gasteiger partial charge in [-0.05, 0) is 31.5 Å². The Morgan fingerprint density at radius 1 is 1.45 bits per heavy atom. The molecule has 0 spiro atoms. The van der Waals surface area contributed by atoms with Gasteiger partial charge in [-0.15, -0.1) is 0 Å². The number of halogens is 1. The Labute approximate surface area is 123 Å². The summed E-state index contributed by atoms with van der Waals surface area (Å²) in [5.74, 6) is -1.53. The number of nitrogens with zero attached hydrogens (tertiary/aromatic N) is 1. The van der Waals surface area contributed by atoms with Crippen LogP contribution < -0.4 is 10.6 Å². The lowest BCUT2D eigenvalue weighted by atomic mass is 9.95. The molecule has 110 valence electrons. The van der Waals surface area contributed by atoms with E-state index in [1.165, 1.54) is 0 Å². The molecule has 0 saturated carbocycles. The number of benzene rings is 1. The largest absolute Gasteiger partial charge is 0.480 e. The van der Waals surface area contributed by atoms with Crippen LogP contribution in [0.25, 0.3) is 0 Å². The van der Waals surface area contributed by atoms with Crippen molar-refractivity contribution in [2.75, 3.05) is 11.4 Å². The third-order valence-electron chi connectivity index (χ3n) is 2.92. The summed E-state index contributed by atoms with van der Waals surface area (Å²) in [6.45, 7) is 3.08. The average Bonchev–Trinajstić information content (AvgIpc) is 2.34. The lowest BCUT2D eigenvalue weighted by Gasteiger charge is -2.30. The van der Waals surface area contributed by atoms with Crippen LogP contribution in [0.5, 0.6) is 0 Å². The third kappa shape index (κ3) is 4.21. The molecule has 1 rings (SSSR count). The molecular weight excluding hydrogens is 280 g/mol. The maximum atomic E-state index is 12.5. The number of anilines is 1. The minimum absolute atomic E-state index is 0.427. The molecule has 1 unspecified atom stereocenters. The number of nitrogens with two attached hydrogens (primary N) is 1. The van der Waals surface area contributed by atoms with E-state index in [4.69, 9.17) is 22.4 Å². The second-order valence-corrected chi connectivity index (χ2v) is 5.37. The fraction of sp³-hybridized carbons (Fsp3) is 0.429. The van der Waals surface area contributed by atoms with E-state index in [0.717, 1.165) is 11.3 Å². The summed E-state index contributed by atoms with van der Waals surface area (Å²) in [7, 11) is 0. The van der Waals surface area contributed by atoms with Gasteiger partial charge in [-0.3, -0.25) is 14.5 Å². The van der Waals surface area contributed by atoms with Crippen LogP contribution >= 0.6 is 11.6 Å². The molecule has 1 amide bonds. The minimum atomic E-state index is -1.11. The Hall–Kier alpha value is -1.59. The van der Waals surface area contributed by atoms with Crippen LogP contribution in [0.3, 0.4) is 0 Å². The highest BCUT2D eigenvalue weighted by Crippen LogP contribution is 2.23. The molecule has 3 N–H and O–H groups in total. The molecule has 1 atom stereocenters. The first-order valence-electron chi connectivity index (χ1n) is 6.36. The fourth-order valence-electron chi connectivity index (χ4n) is 1.99. The molecule has 0 saturated heterocycles. The molecule has 0 aliphatic rings. The summed E-state index contributed by atoms with van der Waals surface area (Å²) < 4.78 is 0. The van der Waals surface area contributed by atoms with E-state index < -0.39 is 24.0 Å². The summed E-state index contributed by atoms with van der Waals surface area (Å²) in [6.07, 6.45) is 1.21. The summed E-state index contributed by atoms with van der Waals surface area (Å²) >= 11 is 5.89.